The van der Waals surface area contributed by atoms with E-state index >= 15 is 0 Å². The zero-order valence-electron chi connectivity index (χ0n) is 20.4. The molecule has 4 atom stereocenters. The second-order valence-corrected chi connectivity index (χ2v) is 11.4. The van der Waals surface area contributed by atoms with Crippen molar-refractivity contribution in [2.75, 3.05) is 6.61 Å². The van der Waals surface area contributed by atoms with Gasteiger partial charge in [0.25, 0.3) is 0 Å². The summed E-state index contributed by atoms with van der Waals surface area (Å²) in [6.07, 6.45) is -1.54. The zero-order valence-corrected chi connectivity index (χ0v) is 24.9. The summed E-state index contributed by atoms with van der Waals surface area (Å²) < 4.78 is 24.3. The number of aliphatic hydroxyl groups excluding tert-OH is 1. The SMILES string of the molecule is C=CC1(OCc2ccc(Cl)cc2Cl)C(O)OC(COCc2ccc(Cl)cc2Cl)C1OCc1ccc(Cl)cc1Cl. The fourth-order valence-electron chi connectivity index (χ4n) is 4.15. The fraction of sp³-hybridized carbons (Fsp3) is 0.286. The van der Waals surface area contributed by atoms with E-state index in [1.807, 2.05) is 0 Å². The lowest BCUT2D eigenvalue weighted by Gasteiger charge is -2.34. The summed E-state index contributed by atoms with van der Waals surface area (Å²) in [7, 11) is 0. The van der Waals surface area contributed by atoms with E-state index in [9.17, 15) is 5.11 Å². The maximum Gasteiger partial charge on any atom is 0.191 e. The van der Waals surface area contributed by atoms with Gasteiger partial charge in [-0.15, -0.1) is 0 Å². The normalized spacial score (nSPS) is 22.8. The van der Waals surface area contributed by atoms with Gasteiger partial charge in [0.15, 0.2) is 11.9 Å². The Hall–Kier alpha value is -1.06. The Balaban J connectivity index is 1.55. The second-order valence-electron chi connectivity index (χ2n) is 8.83. The highest BCUT2D eigenvalue weighted by Gasteiger charge is 2.57. The van der Waals surface area contributed by atoms with Crippen LogP contribution >= 0.6 is 69.6 Å². The topological polar surface area (TPSA) is 57.2 Å². The Kier molecular flexibility index (Phi) is 10.9. The molecule has 0 saturated carbocycles. The number of aliphatic hydroxyl groups is 1. The first-order valence-electron chi connectivity index (χ1n) is 11.7. The predicted molar refractivity (Wildman–Crippen MR) is 156 cm³/mol. The van der Waals surface area contributed by atoms with Gasteiger partial charge in [-0.2, -0.15) is 0 Å². The lowest BCUT2D eigenvalue weighted by Crippen LogP contribution is -2.50. The summed E-state index contributed by atoms with van der Waals surface area (Å²) in [4.78, 5) is 0. The van der Waals surface area contributed by atoms with Crippen LogP contribution in [-0.4, -0.2) is 35.8 Å². The van der Waals surface area contributed by atoms with Crippen LogP contribution in [0.15, 0.2) is 67.3 Å². The van der Waals surface area contributed by atoms with Crippen molar-refractivity contribution in [1.29, 1.82) is 0 Å². The predicted octanol–water partition coefficient (Wildman–Crippen LogP) is 8.57. The third kappa shape index (κ3) is 7.42. The number of ether oxygens (including phenoxy) is 4. The van der Waals surface area contributed by atoms with E-state index in [-0.39, 0.29) is 26.4 Å². The van der Waals surface area contributed by atoms with E-state index in [4.69, 9.17) is 88.6 Å². The van der Waals surface area contributed by atoms with Gasteiger partial charge in [-0.3, -0.25) is 0 Å². The molecule has 0 bridgehead atoms. The lowest BCUT2D eigenvalue weighted by atomic mass is 9.94. The zero-order chi connectivity index (χ0) is 28.2. The van der Waals surface area contributed by atoms with E-state index < -0.39 is 24.1 Å². The van der Waals surface area contributed by atoms with Crippen LogP contribution in [0.25, 0.3) is 0 Å². The maximum absolute atomic E-state index is 11.1. The molecule has 1 heterocycles. The van der Waals surface area contributed by atoms with Crippen molar-refractivity contribution >= 4 is 69.6 Å². The highest BCUT2D eigenvalue weighted by Crippen LogP contribution is 2.39. The standard InChI is InChI=1S/C28H24Cl6O5/c1-2-28(38-14-18-5-8-21(31)11-24(18)34)26(37-13-17-4-7-20(30)10-23(17)33)25(39-27(28)35)15-36-12-16-3-6-19(29)9-22(16)32/h2-11,25-27,35H,1,12-15H2. The van der Waals surface area contributed by atoms with Crippen LogP contribution in [0.5, 0.6) is 0 Å². The minimum atomic E-state index is -1.46. The molecule has 4 rings (SSSR count). The van der Waals surface area contributed by atoms with Crippen molar-refractivity contribution in [1.82, 2.24) is 0 Å². The molecule has 0 spiro atoms. The van der Waals surface area contributed by atoms with Gasteiger partial charge in [-0.25, -0.2) is 0 Å². The fourth-order valence-corrected chi connectivity index (χ4v) is 5.54. The molecule has 3 aromatic rings. The van der Waals surface area contributed by atoms with Crippen molar-refractivity contribution in [3.05, 3.63) is 114 Å². The first kappa shape index (κ1) is 30.9. The molecule has 1 aliphatic rings. The molecule has 4 unspecified atom stereocenters. The van der Waals surface area contributed by atoms with Crippen LogP contribution in [0.2, 0.25) is 30.1 Å². The molecule has 1 N–H and O–H groups in total. The maximum atomic E-state index is 11.1. The summed E-state index contributed by atoms with van der Waals surface area (Å²) in [5.74, 6) is 0. The van der Waals surface area contributed by atoms with Gasteiger partial charge in [0.2, 0.25) is 0 Å². The van der Waals surface area contributed by atoms with E-state index in [0.29, 0.717) is 41.3 Å². The second kappa shape index (κ2) is 13.7. The first-order chi connectivity index (χ1) is 18.6. The molecule has 0 aromatic heterocycles. The van der Waals surface area contributed by atoms with E-state index in [1.165, 1.54) is 6.08 Å². The molecule has 1 saturated heterocycles. The summed E-state index contributed by atoms with van der Waals surface area (Å²) in [6, 6.07) is 15.3. The minimum absolute atomic E-state index is 0.0258. The Morgan fingerprint density at radius 1 is 0.769 bits per heavy atom. The largest absolute Gasteiger partial charge is 0.374 e. The Morgan fingerprint density at radius 3 is 1.74 bits per heavy atom. The molecule has 0 amide bonds. The molecule has 208 valence electrons. The summed E-state index contributed by atoms with van der Waals surface area (Å²) in [6.45, 7) is 4.26. The third-order valence-corrected chi connectivity index (χ3v) is 8.03. The van der Waals surface area contributed by atoms with E-state index in [2.05, 4.69) is 6.58 Å². The molecular weight excluding hydrogens is 629 g/mol. The molecule has 0 aliphatic carbocycles. The third-order valence-electron chi connectivity index (χ3n) is 6.27. The van der Waals surface area contributed by atoms with Crippen molar-refractivity contribution < 1.29 is 24.1 Å². The van der Waals surface area contributed by atoms with Gasteiger partial charge in [-0.05, 0) is 53.1 Å². The molecule has 1 fully saturated rings. The molecule has 1 aliphatic heterocycles. The van der Waals surface area contributed by atoms with Crippen LogP contribution in [0, 0.1) is 0 Å². The van der Waals surface area contributed by atoms with Crippen LogP contribution in [0.3, 0.4) is 0 Å². The lowest BCUT2D eigenvalue weighted by molar-refractivity contribution is -0.189. The number of halogens is 6. The average molecular weight is 653 g/mol. The van der Waals surface area contributed by atoms with E-state index in [0.717, 1.165) is 5.56 Å². The number of hydrogen-bond acceptors (Lipinski definition) is 5. The summed E-state index contributed by atoms with van der Waals surface area (Å²) in [5, 5.41) is 13.9. The van der Waals surface area contributed by atoms with Gasteiger partial charge in [0, 0.05) is 30.1 Å². The first-order valence-corrected chi connectivity index (χ1v) is 14.0. The van der Waals surface area contributed by atoms with E-state index in [1.54, 1.807) is 54.6 Å². The van der Waals surface area contributed by atoms with Gasteiger partial charge in [-0.1, -0.05) is 100 Å². The Bertz CT molecular complexity index is 1320. The van der Waals surface area contributed by atoms with Crippen LogP contribution in [-0.2, 0) is 38.8 Å². The smallest absolute Gasteiger partial charge is 0.191 e. The molecule has 0 radical (unpaired) electrons. The van der Waals surface area contributed by atoms with Gasteiger partial charge >= 0.3 is 0 Å². The molecule has 5 nitrogen and oxygen atoms in total. The number of rotatable bonds is 11. The van der Waals surface area contributed by atoms with Gasteiger partial charge < -0.3 is 24.1 Å². The minimum Gasteiger partial charge on any atom is -0.374 e. The Labute approximate surface area is 257 Å². The molecule has 3 aromatic carbocycles. The highest BCUT2D eigenvalue weighted by atomic mass is 35.5. The number of hydrogen-bond donors (Lipinski definition) is 1. The highest BCUT2D eigenvalue weighted by molar-refractivity contribution is 6.36. The molecular formula is C28H24Cl6O5. The summed E-state index contributed by atoms with van der Waals surface area (Å²) in [5.41, 5.74) is 0.627. The van der Waals surface area contributed by atoms with Crippen LogP contribution in [0.1, 0.15) is 16.7 Å². The van der Waals surface area contributed by atoms with Crippen molar-refractivity contribution in [2.24, 2.45) is 0 Å². The summed E-state index contributed by atoms with van der Waals surface area (Å²) >= 11 is 37.0. The van der Waals surface area contributed by atoms with Crippen LogP contribution < -0.4 is 0 Å². The van der Waals surface area contributed by atoms with Crippen molar-refractivity contribution in [3.8, 4) is 0 Å². The number of benzene rings is 3. The average Bonchev–Trinajstić information content (AvgIpc) is 3.14. The molecule has 39 heavy (non-hydrogen) atoms. The van der Waals surface area contributed by atoms with Crippen molar-refractivity contribution in [2.45, 2.75) is 43.9 Å². The Morgan fingerprint density at radius 2 is 1.26 bits per heavy atom. The monoisotopic (exact) mass is 650 g/mol. The quantitative estimate of drug-likeness (QED) is 0.210. The molecule has 11 heteroatoms. The van der Waals surface area contributed by atoms with Crippen LogP contribution in [0.4, 0.5) is 0 Å². The van der Waals surface area contributed by atoms with Gasteiger partial charge in [0.05, 0.1) is 26.4 Å². The van der Waals surface area contributed by atoms with Crippen molar-refractivity contribution in [3.63, 3.8) is 0 Å². The van der Waals surface area contributed by atoms with Gasteiger partial charge in [0.1, 0.15) is 12.2 Å².